The lowest BCUT2D eigenvalue weighted by Crippen LogP contribution is -2.42. The van der Waals surface area contributed by atoms with Crippen LogP contribution in [0.15, 0.2) is 34.9 Å². The smallest absolute Gasteiger partial charge is 0.257 e. The van der Waals surface area contributed by atoms with Crippen molar-refractivity contribution in [3.8, 4) is 11.3 Å². The zero-order chi connectivity index (χ0) is 21.3. The van der Waals surface area contributed by atoms with Gasteiger partial charge in [-0.2, -0.15) is 10.2 Å². The fraction of sp³-hybridized carbons (Fsp3) is 0.455. The molecule has 0 bridgehead atoms. The summed E-state index contributed by atoms with van der Waals surface area (Å²) in [4.78, 5) is 18.6. The van der Waals surface area contributed by atoms with Gasteiger partial charge < -0.3 is 4.42 Å². The van der Waals surface area contributed by atoms with E-state index < -0.39 is 5.92 Å². The summed E-state index contributed by atoms with van der Waals surface area (Å²) in [6, 6.07) is 7.58. The van der Waals surface area contributed by atoms with Crippen LogP contribution in [0.25, 0.3) is 22.2 Å². The third-order valence-corrected chi connectivity index (χ3v) is 5.44. The number of halogens is 2. The fourth-order valence-corrected chi connectivity index (χ4v) is 3.95. The first-order chi connectivity index (χ1) is 14.3. The second-order valence-corrected chi connectivity index (χ2v) is 8.12. The highest BCUT2D eigenvalue weighted by molar-refractivity contribution is 5.86. The van der Waals surface area contributed by atoms with Gasteiger partial charge in [0.05, 0.1) is 30.4 Å². The average molecular weight is 414 g/mol. The molecule has 1 saturated heterocycles. The lowest BCUT2D eigenvalue weighted by atomic mass is 9.90. The zero-order valence-corrected chi connectivity index (χ0v) is 17.1. The molecule has 3 heterocycles. The number of aryl methyl sites for hydroxylation is 1. The first kappa shape index (κ1) is 20.5. The van der Waals surface area contributed by atoms with Gasteiger partial charge in [-0.3, -0.25) is 9.69 Å². The minimum Gasteiger partial charge on any atom is -0.441 e. The van der Waals surface area contributed by atoms with E-state index in [-0.39, 0.29) is 24.7 Å². The largest absolute Gasteiger partial charge is 0.441 e. The molecule has 0 radical (unpaired) electrons. The Morgan fingerprint density at radius 3 is 2.67 bits per heavy atom. The van der Waals surface area contributed by atoms with Crippen molar-refractivity contribution >= 4 is 16.7 Å². The normalized spacial score (nSPS) is 16.3. The highest BCUT2D eigenvalue weighted by Gasteiger charge is 2.30. The molecule has 1 aliphatic rings. The van der Waals surface area contributed by atoms with Crippen molar-refractivity contribution in [1.29, 1.82) is 0 Å². The number of rotatable bonds is 6. The number of aromatic nitrogens is 3. The number of alkyl halides is 2. The molecule has 3 aromatic rings. The number of Topliss-reactive ketones (excluding diaryl/α,β-unsaturated/α-hetero) is 1. The zero-order valence-electron chi connectivity index (χ0n) is 17.1. The van der Waals surface area contributed by atoms with E-state index in [2.05, 4.69) is 15.2 Å². The minimum absolute atomic E-state index is 0.0913. The predicted octanol–water partition coefficient (Wildman–Crippen LogP) is 4.07. The molecule has 8 heteroatoms. The molecule has 30 heavy (non-hydrogen) atoms. The van der Waals surface area contributed by atoms with Crippen LogP contribution in [0.1, 0.15) is 31.4 Å². The van der Waals surface area contributed by atoms with Crippen molar-refractivity contribution in [3.05, 3.63) is 42.0 Å². The molecule has 0 N–H and O–H groups in total. The van der Waals surface area contributed by atoms with E-state index in [4.69, 9.17) is 4.42 Å². The van der Waals surface area contributed by atoms with E-state index in [0.29, 0.717) is 43.3 Å². The first-order valence-electron chi connectivity index (χ1n) is 10.1. The molecule has 0 saturated carbocycles. The van der Waals surface area contributed by atoms with Gasteiger partial charge in [0.1, 0.15) is 5.78 Å². The Bertz CT molecular complexity index is 1050. The molecule has 0 atom stereocenters. The van der Waals surface area contributed by atoms with E-state index >= 15 is 0 Å². The molecule has 0 spiro atoms. The van der Waals surface area contributed by atoms with Gasteiger partial charge in [0.2, 0.25) is 0 Å². The SMILES string of the molecule is Cc1ncc(-c2ccc3nnc(CC(=O)C4CCN(CC(C)(F)F)CC4)cc3c2)o1. The lowest BCUT2D eigenvalue weighted by molar-refractivity contribution is -0.124. The number of ketones is 1. The third-order valence-electron chi connectivity index (χ3n) is 5.44. The van der Waals surface area contributed by atoms with E-state index in [1.807, 2.05) is 24.3 Å². The predicted molar refractivity (Wildman–Crippen MR) is 108 cm³/mol. The quantitative estimate of drug-likeness (QED) is 0.605. The Morgan fingerprint density at radius 2 is 2.00 bits per heavy atom. The number of nitrogens with zero attached hydrogens (tertiary/aromatic N) is 4. The Morgan fingerprint density at radius 1 is 1.23 bits per heavy atom. The number of oxazole rings is 1. The summed E-state index contributed by atoms with van der Waals surface area (Å²) in [5.74, 6) is -1.46. The Labute approximate surface area is 173 Å². The van der Waals surface area contributed by atoms with E-state index in [1.165, 1.54) is 0 Å². The summed E-state index contributed by atoms with van der Waals surface area (Å²) in [5.41, 5.74) is 2.23. The van der Waals surface area contributed by atoms with Crippen LogP contribution in [-0.2, 0) is 11.2 Å². The van der Waals surface area contributed by atoms with Crippen LogP contribution in [-0.4, -0.2) is 51.4 Å². The summed E-state index contributed by atoms with van der Waals surface area (Å²) in [6.45, 7) is 3.50. The van der Waals surface area contributed by atoms with Crippen LogP contribution in [0.2, 0.25) is 0 Å². The molecule has 2 aromatic heterocycles. The van der Waals surface area contributed by atoms with Gasteiger partial charge in [0.25, 0.3) is 5.92 Å². The Hall–Kier alpha value is -2.74. The van der Waals surface area contributed by atoms with Crippen LogP contribution in [0.4, 0.5) is 8.78 Å². The van der Waals surface area contributed by atoms with Gasteiger partial charge in [0.15, 0.2) is 11.7 Å². The maximum atomic E-state index is 13.2. The number of likely N-dealkylation sites (tertiary alicyclic amines) is 1. The topological polar surface area (TPSA) is 72.1 Å². The molecule has 0 amide bonds. The van der Waals surface area contributed by atoms with Crippen molar-refractivity contribution in [2.75, 3.05) is 19.6 Å². The highest BCUT2D eigenvalue weighted by Crippen LogP contribution is 2.26. The number of hydrogen-bond donors (Lipinski definition) is 0. The van der Waals surface area contributed by atoms with Gasteiger partial charge in [-0.25, -0.2) is 13.8 Å². The van der Waals surface area contributed by atoms with Crippen molar-refractivity contribution in [1.82, 2.24) is 20.1 Å². The first-order valence-corrected chi connectivity index (χ1v) is 10.1. The summed E-state index contributed by atoms with van der Waals surface area (Å²) < 4.78 is 31.9. The molecule has 1 fully saturated rings. The van der Waals surface area contributed by atoms with Crippen LogP contribution in [0, 0.1) is 12.8 Å². The van der Waals surface area contributed by atoms with Crippen LogP contribution in [0.3, 0.4) is 0 Å². The summed E-state index contributed by atoms with van der Waals surface area (Å²) in [5, 5.41) is 9.30. The second-order valence-electron chi connectivity index (χ2n) is 8.12. The maximum absolute atomic E-state index is 13.2. The molecule has 1 aromatic carbocycles. The molecule has 6 nitrogen and oxygen atoms in total. The van der Waals surface area contributed by atoms with Crippen LogP contribution in [0.5, 0.6) is 0 Å². The molecular formula is C22H24F2N4O2. The molecule has 0 unspecified atom stereocenters. The van der Waals surface area contributed by atoms with Crippen molar-refractivity contribution < 1.29 is 18.0 Å². The fourth-order valence-electron chi connectivity index (χ4n) is 3.95. The average Bonchev–Trinajstić information content (AvgIpc) is 3.13. The van der Waals surface area contributed by atoms with Gasteiger partial charge >= 0.3 is 0 Å². The number of benzene rings is 1. The number of fused-ring (bicyclic) bond motifs is 1. The van der Waals surface area contributed by atoms with Gasteiger partial charge in [-0.1, -0.05) is 0 Å². The van der Waals surface area contributed by atoms with E-state index in [1.54, 1.807) is 18.0 Å². The maximum Gasteiger partial charge on any atom is 0.257 e. The number of carbonyl (C=O) groups is 1. The summed E-state index contributed by atoms with van der Waals surface area (Å²) in [6.07, 6.45) is 3.08. The van der Waals surface area contributed by atoms with Crippen molar-refractivity contribution in [2.24, 2.45) is 5.92 Å². The third kappa shape index (κ3) is 4.87. The van der Waals surface area contributed by atoms with E-state index in [0.717, 1.165) is 23.4 Å². The number of piperidine rings is 1. The van der Waals surface area contributed by atoms with Crippen molar-refractivity contribution in [2.45, 2.75) is 39.0 Å². The van der Waals surface area contributed by atoms with E-state index in [9.17, 15) is 13.6 Å². The Kier molecular flexibility index (Phi) is 5.60. The Balaban J connectivity index is 1.43. The monoisotopic (exact) mass is 414 g/mol. The van der Waals surface area contributed by atoms with Gasteiger partial charge in [-0.05, 0) is 50.2 Å². The summed E-state index contributed by atoms with van der Waals surface area (Å²) >= 11 is 0. The molecular weight excluding hydrogens is 390 g/mol. The second kappa shape index (κ2) is 8.18. The molecule has 158 valence electrons. The van der Waals surface area contributed by atoms with Crippen LogP contribution < -0.4 is 0 Å². The molecule has 4 rings (SSSR count). The summed E-state index contributed by atoms with van der Waals surface area (Å²) in [7, 11) is 0. The number of carbonyl (C=O) groups excluding carboxylic acids is 1. The van der Waals surface area contributed by atoms with Gasteiger partial charge in [0, 0.05) is 30.7 Å². The van der Waals surface area contributed by atoms with Crippen LogP contribution >= 0.6 is 0 Å². The van der Waals surface area contributed by atoms with Crippen molar-refractivity contribution in [3.63, 3.8) is 0 Å². The highest BCUT2D eigenvalue weighted by atomic mass is 19.3. The molecule has 1 aliphatic heterocycles. The van der Waals surface area contributed by atoms with Gasteiger partial charge in [-0.15, -0.1) is 0 Å². The lowest BCUT2D eigenvalue weighted by Gasteiger charge is -2.32. The number of hydrogen-bond acceptors (Lipinski definition) is 6. The molecule has 0 aliphatic carbocycles. The minimum atomic E-state index is -2.71. The standard InChI is InChI=1S/C22H24F2N4O2/c1-14-25-12-21(30-14)16-3-4-19-17(9-16)10-18(26-27-19)11-20(29)15-5-7-28(8-6-15)13-22(2,23)24/h3-4,9-10,12,15H,5-8,11,13H2,1-2H3.